The molecule has 1 unspecified atom stereocenters. The monoisotopic (exact) mass is 157 g/mol. The Morgan fingerprint density at radius 1 is 1.50 bits per heavy atom. The van der Waals surface area contributed by atoms with Gasteiger partial charge in [-0.25, -0.2) is 9.97 Å². The lowest BCUT2D eigenvalue weighted by atomic mass is 10.3. The Morgan fingerprint density at radius 2 is 2.00 bits per heavy atom. The molecule has 1 rings (SSSR count). The first kappa shape index (κ1) is 7.44. The van der Waals surface area contributed by atoms with E-state index in [2.05, 4.69) is 9.97 Å². The van der Waals surface area contributed by atoms with Gasteiger partial charge in [-0.05, 0) is 6.92 Å². The van der Waals surface area contributed by atoms with Crippen LogP contribution in [0.5, 0.6) is 0 Å². The number of nitrogens with zero attached hydrogens (tertiary/aromatic N) is 2. The molecule has 3 nitrogen and oxygen atoms in total. The zero-order valence-corrected chi connectivity index (χ0v) is 6.34. The summed E-state index contributed by atoms with van der Waals surface area (Å²) in [4.78, 5) is 7.82. The van der Waals surface area contributed by atoms with Crippen LogP contribution in [0.4, 0.5) is 0 Å². The predicted octanol–water partition coefficient (Wildman–Crippen LogP) is 1.15. The number of nitrogens with two attached hydrogens (primary N) is 1. The van der Waals surface area contributed by atoms with Crippen LogP contribution in [-0.2, 0) is 0 Å². The van der Waals surface area contributed by atoms with Gasteiger partial charge in [0, 0.05) is 12.4 Å². The van der Waals surface area contributed by atoms with E-state index in [0.29, 0.717) is 10.8 Å². The Balaban J connectivity index is 2.89. The van der Waals surface area contributed by atoms with Gasteiger partial charge in [0.2, 0.25) is 0 Å². The van der Waals surface area contributed by atoms with Crippen LogP contribution in [0.25, 0.3) is 0 Å². The Bertz CT molecular complexity index is 207. The molecule has 0 spiro atoms. The molecular weight excluding hydrogens is 150 g/mol. The molecule has 0 aliphatic carbocycles. The van der Waals surface area contributed by atoms with Crippen molar-refractivity contribution in [2.24, 2.45) is 5.73 Å². The highest BCUT2D eigenvalue weighted by Crippen LogP contribution is 2.06. The summed E-state index contributed by atoms with van der Waals surface area (Å²) in [6.45, 7) is 1.82. The summed E-state index contributed by atoms with van der Waals surface area (Å²) in [7, 11) is 0. The van der Waals surface area contributed by atoms with Crippen LogP contribution in [0.3, 0.4) is 0 Å². The van der Waals surface area contributed by atoms with E-state index in [9.17, 15) is 0 Å². The van der Waals surface area contributed by atoms with Gasteiger partial charge in [-0.1, -0.05) is 11.6 Å². The first-order chi connectivity index (χ1) is 4.70. The summed E-state index contributed by atoms with van der Waals surface area (Å²) in [5.41, 5.74) is 5.50. The predicted molar refractivity (Wildman–Crippen MR) is 39.6 cm³/mol. The normalized spacial score (nSPS) is 13.1. The maximum absolute atomic E-state index is 5.55. The molecule has 2 N–H and O–H groups in total. The lowest BCUT2D eigenvalue weighted by Crippen LogP contribution is -2.08. The summed E-state index contributed by atoms with van der Waals surface area (Å²) >= 11 is 5.55. The Labute approximate surface area is 64.2 Å². The molecule has 0 fully saturated rings. The second kappa shape index (κ2) is 2.94. The Hall–Kier alpha value is -0.670. The number of hydrogen-bond donors (Lipinski definition) is 1. The van der Waals surface area contributed by atoms with Crippen molar-refractivity contribution in [1.82, 2.24) is 9.97 Å². The minimum absolute atomic E-state index is 0.128. The Kier molecular flexibility index (Phi) is 2.19. The fraction of sp³-hybridized carbons (Fsp3) is 0.333. The Morgan fingerprint density at radius 3 is 2.40 bits per heavy atom. The molecule has 1 heterocycles. The molecule has 0 amide bonds. The van der Waals surface area contributed by atoms with Crippen LogP contribution in [0.2, 0.25) is 5.02 Å². The molecule has 1 aromatic rings. The van der Waals surface area contributed by atoms with Gasteiger partial charge in [-0.15, -0.1) is 0 Å². The molecule has 0 aliphatic rings. The molecule has 0 radical (unpaired) electrons. The van der Waals surface area contributed by atoms with Gasteiger partial charge in [-0.3, -0.25) is 0 Å². The van der Waals surface area contributed by atoms with Gasteiger partial charge in [0.25, 0.3) is 0 Å². The summed E-state index contributed by atoms with van der Waals surface area (Å²) < 4.78 is 0. The summed E-state index contributed by atoms with van der Waals surface area (Å²) in [5, 5.41) is 0.532. The van der Waals surface area contributed by atoms with Crippen LogP contribution in [0.15, 0.2) is 12.4 Å². The van der Waals surface area contributed by atoms with Gasteiger partial charge < -0.3 is 5.73 Å². The average molecular weight is 158 g/mol. The van der Waals surface area contributed by atoms with E-state index in [1.165, 1.54) is 12.4 Å². The van der Waals surface area contributed by atoms with Crippen LogP contribution < -0.4 is 5.73 Å². The topological polar surface area (TPSA) is 51.8 Å². The van der Waals surface area contributed by atoms with E-state index in [0.717, 1.165) is 0 Å². The highest BCUT2D eigenvalue weighted by molar-refractivity contribution is 6.30. The van der Waals surface area contributed by atoms with E-state index < -0.39 is 0 Å². The third-order valence-electron chi connectivity index (χ3n) is 1.05. The van der Waals surface area contributed by atoms with Crippen LogP contribution in [0.1, 0.15) is 18.8 Å². The van der Waals surface area contributed by atoms with Crippen molar-refractivity contribution >= 4 is 11.6 Å². The average Bonchev–Trinajstić information content (AvgIpc) is 1.88. The summed E-state index contributed by atoms with van der Waals surface area (Å²) in [6, 6.07) is -0.128. The third kappa shape index (κ3) is 1.65. The molecular formula is C6H8ClN3. The molecule has 1 atom stereocenters. The van der Waals surface area contributed by atoms with Crippen molar-refractivity contribution in [1.29, 1.82) is 0 Å². The highest BCUT2D eigenvalue weighted by atomic mass is 35.5. The summed E-state index contributed by atoms with van der Waals surface area (Å²) in [6.07, 6.45) is 3.07. The van der Waals surface area contributed by atoms with Crippen molar-refractivity contribution in [3.63, 3.8) is 0 Å². The van der Waals surface area contributed by atoms with Gasteiger partial charge >= 0.3 is 0 Å². The maximum Gasteiger partial charge on any atom is 0.144 e. The largest absolute Gasteiger partial charge is 0.322 e. The number of halogens is 1. The van der Waals surface area contributed by atoms with E-state index in [1.54, 1.807) is 0 Å². The molecule has 4 heteroatoms. The lowest BCUT2D eigenvalue weighted by molar-refractivity contribution is 0.739. The van der Waals surface area contributed by atoms with Crippen molar-refractivity contribution in [3.8, 4) is 0 Å². The SMILES string of the molecule is CC(N)c1ncc(Cl)cn1. The van der Waals surface area contributed by atoms with E-state index in [-0.39, 0.29) is 6.04 Å². The molecule has 0 saturated carbocycles. The van der Waals surface area contributed by atoms with Crippen LogP contribution in [0, 0.1) is 0 Å². The fourth-order valence-corrected chi connectivity index (χ4v) is 0.655. The highest BCUT2D eigenvalue weighted by Gasteiger charge is 2.00. The van der Waals surface area contributed by atoms with Crippen molar-refractivity contribution < 1.29 is 0 Å². The molecule has 10 heavy (non-hydrogen) atoms. The molecule has 0 aliphatic heterocycles. The fourth-order valence-electron chi connectivity index (χ4n) is 0.557. The zero-order chi connectivity index (χ0) is 7.56. The van der Waals surface area contributed by atoms with Gasteiger partial charge in [0.1, 0.15) is 5.82 Å². The first-order valence-electron chi connectivity index (χ1n) is 2.93. The number of hydrogen-bond acceptors (Lipinski definition) is 3. The maximum atomic E-state index is 5.55. The lowest BCUT2D eigenvalue weighted by Gasteiger charge is -2.00. The zero-order valence-electron chi connectivity index (χ0n) is 5.58. The molecule has 1 aromatic heterocycles. The smallest absolute Gasteiger partial charge is 0.144 e. The summed E-state index contributed by atoms with van der Waals surface area (Å²) in [5.74, 6) is 0.615. The van der Waals surface area contributed by atoms with Crippen molar-refractivity contribution in [2.45, 2.75) is 13.0 Å². The molecule has 54 valence electrons. The number of aromatic nitrogens is 2. The first-order valence-corrected chi connectivity index (χ1v) is 3.31. The molecule has 0 saturated heterocycles. The second-order valence-electron chi connectivity index (χ2n) is 2.05. The number of rotatable bonds is 1. The van der Waals surface area contributed by atoms with Gasteiger partial charge in [0.05, 0.1) is 11.1 Å². The van der Waals surface area contributed by atoms with E-state index in [1.807, 2.05) is 6.92 Å². The van der Waals surface area contributed by atoms with Crippen molar-refractivity contribution in [2.75, 3.05) is 0 Å². The minimum Gasteiger partial charge on any atom is -0.322 e. The molecule has 0 bridgehead atoms. The van der Waals surface area contributed by atoms with Crippen molar-refractivity contribution in [3.05, 3.63) is 23.2 Å². The van der Waals surface area contributed by atoms with Crippen LogP contribution >= 0.6 is 11.6 Å². The quantitative estimate of drug-likeness (QED) is 0.666. The van der Waals surface area contributed by atoms with Crippen LogP contribution in [-0.4, -0.2) is 9.97 Å². The van der Waals surface area contributed by atoms with Gasteiger partial charge in [0.15, 0.2) is 0 Å². The minimum atomic E-state index is -0.128. The molecule has 0 aromatic carbocycles. The third-order valence-corrected chi connectivity index (χ3v) is 1.24. The standard InChI is InChI=1S/C6H8ClN3/c1-4(8)6-9-2-5(7)3-10-6/h2-4H,8H2,1H3. The second-order valence-corrected chi connectivity index (χ2v) is 2.48. The van der Waals surface area contributed by atoms with E-state index in [4.69, 9.17) is 17.3 Å². The van der Waals surface area contributed by atoms with E-state index >= 15 is 0 Å². The van der Waals surface area contributed by atoms with Gasteiger partial charge in [-0.2, -0.15) is 0 Å².